The largest absolute Gasteiger partial charge is 0.464 e. The van der Waals surface area contributed by atoms with Crippen LogP contribution in [0.1, 0.15) is 46.1 Å². The fourth-order valence-corrected chi connectivity index (χ4v) is 2.20. The molecule has 1 rings (SSSR count). The van der Waals surface area contributed by atoms with Crippen LogP contribution in [-0.2, 0) is 22.1 Å². The first-order valence-electron chi connectivity index (χ1n) is 6.14. The zero-order valence-corrected chi connectivity index (χ0v) is 12.6. The molecule has 0 unspecified atom stereocenters. The second-order valence-electron chi connectivity index (χ2n) is 5.83. The molecule has 1 heterocycles. The topological polar surface area (TPSA) is 59.3 Å². The normalized spacial score (nSPS) is 13.2. The Kier molecular flexibility index (Phi) is 4.61. The van der Waals surface area contributed by atoms with E-state index < -0.39 is 9.84 Å². The molecule has 0 aliphatic heterocycles. The zero-order valence-electron chi connectivity index (χ0n) is 11.8. The van der Waals surface area contributed by atoms with E-state index in [1.807, 2.05) is 6.07 Å². The second kappa shape index (κ2) is 5.45. The van der Waals surface area contributed by atoms with Crippen LogP contribution in [0.3, 0.4) is 0 Å². The molecule has 104 valence electrons. The van der Waals surface area contributed by atoms with Crippen molar-refractivity contribution in [3.63, 3.8) is 0 Å². The maximum absolute atomic E-state index is 11.8. The van der Waals surface area contributed by atoms with Gasteiger partial charge < -0.3 is 9.73 Å². The first-order valence-corrected chi connectivity index (χ1v) is 7.86. The second-order valence-corrected chi connectivity index (χ2v) is 8.38. The summed E-state index contributed by atoms with van der Waals surface area (Å²) < 4.78 is 29.0. The highest BCUT2D eigenvalue weighted by molar-refractivity contribution is 7.91. The van der Waals surface area contributed by atoms with Crippen molar-refractivity contribution in [2.45, 2.75) is 57.7 Å². The molecule has 0 amide bonds. The number of hydrogen-bond acceptors (Lipinski definition) is 4. The smallest absolute Gasteiger partial charge is 0.159 e. The Morgan fingerprint density at radius 1 is 1.22 bits per heavy atom. The summed E-state index contributed by atoms with van der Waals surface area (Å²) in [5, 5.41) is 2.92. The minimum absolute atomic E-state index is 0.0109. The summed E-state index contributed by atoms with van der Waals surface area (Å²) in [4.78, 5) is 0. The van der Waals surface area contributed by atoms with Crippen molar-refractivity contribution in [2.24, 2.45) is 0 Å². The van der Waals surface area contributed by atoms with Gasteiger partial charge in [-0.05, 0) is 46.8 Å². The first kappa shape index (κ1) is 15.2. The molecule has 0 radical (unpaired) electrons. The van der Waals surface area contributed by atoms with Crippen LogP contribution >= 0.6 is 0 Å². The van der Waals surface area contributed by atoms with Crippen LogP contribution in [0.2, 0.25) is 0 Å². The molecule has 0 aliphatic carbocycles. The predicted octanol–water partition coefficient (Wildman–Crippen LogP) is 2.49. The fourth-order valence-electron chi connectivity index (χ4n) is 1.31. The van der Waals surface area contributed by atoms with Gasteiger partial charge in [0.1, 0.15) is 17.3 Å². The third-order valence-corrected chi connectivity index (χ3v) is 4.70. The van der Waals surface area contributed by atoms with Gasteiger partial charge in [0.2, 0.25) is 0 Å². The lowest BCUT2D eigenvalue weighted by atomic mass is 10.1. The van der Waals surface area contributed by atoms with Crippen LogP contribution in [0, 0.1) is 0 Å². The van der Waals surface area contributed by atoms with Gasteiger partial charge in [-0.25, -0.2) is 8.42 Å². The summed E-state index contributed by atoms with van der Waals surface area (Å²) in [5.74, 6) is 1.24. The maximum atomic E-state index is 11.8. The van der Waals surface area contributed by atoms with Gasteiger partial charge in [-0.3, -0.25) is 0 Å². The quantitative estimate of drug-likeness (QED) is 0.895. The van der Waals surface area contributed by atoms with Gasteiger partial charge in [0, 0.05) is 5.54 Å². The average Bonchev–Trinajstić information content (AvgIpc) is 2.60. The van der Waals surface area contributed by atoms with E-state index in [-0.39, 0.29) is 16.5 Å². The van der Waals surface area contributed by atoms with Crippen LogP contribution in [0.5, 0.6) is 0 Å². The molecule has 1 aromatic heterocycles. The lowest BCUT2D eigenvalue weighted by molar-refractivity contribution is 0.381. The van der Waals surface area contributed by atoms with E-state index in [0.29, 0.717) is 12.3 Å². The van der Waals surface area contributed by atoms with E-state index in [9.17, 15) is 8.42 Å². The van der Waals surface area contributed by atoms with Crippen molar-refractivity contribution < 1.29 is 12.8 Å². The zero-order chi connectivity index (χ0) is 14.0. The molecule has 0 bridgehead atoms. The monoisotopic (exact) mass is 273 g/mol. The van der Waals surface area contributed by atoms with Crippen molar-refractivity contribution in [1.82, 2.24) is 5.32 Å². The van der Waals surface area contributed by atoms with Crippen molar-refractivity contribution in [1.29, 1.82) is 0 Å². The number of rotatable bonds is 5. The van der Waals surface area contributed by atoms with Crippen LogP contribution in [0.25, 0.3) is 0 Å². The van der Waals surface area contributed by atoms with Gasteiger partial charge in [0.05, 0.1) is 11.8 Å². The lowest BCUT2D eigenvalue weighted by Crippen LogP contribution is -2.34. The Morgan fingerprint density at radius 3 is 2.28 bits per heavy atom. The Labute approximate surface area is 110 Å². The van der Waals surface area contributed by atoms with Crippen molar-refractivity contribution in [2.75, 3.05) is 0 Å². The van der Waals surface area contributed by atoms with Crippen LogP contribution < -0.4 is 5.32 Å². The molecule has 0 fully saturated rings. The van der Waals surface area contributed by atoms with E-state index >= 15 is 0 Å². The van der Waals surface area contributed by atoms with E-state index in [1.165, 1.54) is 0 Å². The lowest BCUT2D eigenvalue weighted by Gasteiger charge is -2.19. The molecular weight excluding hydrogens is 250 g/mol. The molecule has 0 saturated carbocycles. The van der Waals surface area contributed by atoms with Gasteiger partial charge in [-0.2, -0.15) is 0 Å². The summed E-state index contributed by atoms with van der Waals surface area (Å²) >= 11 is 0. The Hall–Kier alpha value is -0.810. The highest BCUT2D eigenvalue weighted by Gasteiger charge is 2.19. The van der Waals surface area contributed by atoms with Crippen LogP contribution in [0.4, 0.5) is 0 Å². The third-order valence-electron chi connectivity index (χ3n) is 2.57. The highest BCUT2D eigenvalue weighted by Crippen LogP contribution is 2.15. The predicted molar refractivity (Wildman–Crippen MR) is 73.1 cm³/mol. The molecule has 0 aliphatic rings. The van der Waals surface area contributed by atoms with Gasteiger partial charge in [-0.1, -0.05) is 0 Å². The van der Waals surface area contributed by atoms with E-state index in [2.05, 4.69) is 26.1 Å². The van der Waals surface area contributed by atoms with Crippen LogP contribution in [0.15, 0.2) is 16.5 Å². The molecular formula is C13H23NO3S. The average molecular weight is 273 g/mol. The number of furan rings is 1. The number of nitrogens with one attached hydrogen (secondary N) is 1. The SMILES string of the molecule is CC(C)S(=O)(=O)Cc1ccc(CNC(C)(C)C)o1. The molecule has 0 spiro atoms. The summed E-state index contributed by atoms with van der Waals surface area (Å²) in [6.07, 6.45) is 0. The van der Waals surface area contributed by atoms with E-state index in [4.69, 9.17) is 4.42 Å². The summed E-state index contributed by atoms with van der Waals surface area (Å²) in [6, 6.07) is 3.56. The number of hydrogen-bond donors (Lipinski definition) is 1. The Balaban J connectivity index is 2.65. The van der Waals surface area contributed by atoms with Crippen molar-refractivity contribution >= 4 is 9.84 Å². The maximum Gasteiger partial charge on any atom is 0.159 e. The molecule has 0 aromatic carbocycles. The highest BCUT2D eigenvalue weighted by atomic mass is 32.2. The Morgan fingerprint density at radius 2 is 1.78 bits per heavy atom. The molecule has 0 atom stereocenters. The van der Waals surface area contributed by atoms with Gasteiger partial charge in [0.25, 0.3) is 0 Å². The standard InChI is InChI=1S/C13H23NO3S/c1-10(2)18(15,16)9-12-7-6-11(17-12)8-14-13(3,4)5/h6-7,10,14H,8-9H2,1-5H3. The molecule has 1 aromatic rings. The molecule has 0 saturated heterocycles. The molecule has 1 N–H and O–H groups in total. The number of sulfone groups is 1. The minimum Gasteiger partial charge on any atom is -0.464 e. The van der Waals surface area contributed by atoms with Gasteiger partial charge in [0.15, 0.2) is 9.84 Å². The van der Waals surface area contributed by atoms with Gasteiger partial charge >= 0.3 is 0 Å². The summed E-state index contributed by atoms with van der Waals surface area (Å²) in [5.41, 5.74) is 0.0109. The van der Waals surface area contributed by atoms with E-state index in [0.717, 1.165) is 5.76 Å². The van der Waals surface area contributed by atoms with Crippen molar-refractivity contribution in [3.8, 4) is 0 Å². The summed E-state index contributed by atoms with van der Waals surface area (Å²) in [7, 11) is -3.10. The van der Waals surface area contributed by atoms with E-state index in [1.54, 1.807) is 19.9 Å². The van der Waals surface area contributed by atoms with Crippen LogP contribution in [-0.4, -0.2) is 19.2 Å². The fraction of sp³-hybridized carbons (Fsp3) is 0.692. The molecule has 18 heavy (non-hydrogen) atoms. The van der Waals surface area contributed by atoms with Crippen molar-refractivity contribution in [3.05, 3.63) is 23.7 Å². The molecule has 5 heteroatoms. The first-order chi connectivity index (χ1) is 8.10. The third kappa shape index (κ3) is 4.82. The minimum atomic E-state index is -3.10. The Bertz CT molecular complexity index is 481. The summed E-state index contributed by atoms with van der Waals surface area (Å²) in [6.45, 7) is 10.2. The molecule has 4 nitrogen and oxygen atoms in total. The van der Waals surface area contributed by atoms with Gasteiger partial charge in [-0.15, -0.1) is 0 Å².